The van der Waals surface area contributed by atoms with Crippen molar-refractivity contribution >= 4 is 5.91 Å². The van der Waals surface area contributed by atoms with Crippen molar-refractivity contribution in [2.45, 2.75) is 84.8 Å². The average Bonchev–Trinajstić information content (AvgIpc) is 3.43. The van der Waals surface area contributed by atoms with E-state index in [0.717, 1.165) is 50.2 Å². The molecule has 7 heteroatoms. The van der Waals surface area contributed by atoms with Crippen molar-refractivity contribution in [3.63, 3.8) is 0 Å². The van der Waals surface area contributed by atoms with E-state index in [2.05, 4.69) is 38.7 Å². The molecule has 2 fully saturated rings. The molecule has 0 aromatic heterocycles. The number of methoxy groups -OCH3 is 1. The van der Waals surface area contributed by atoms with E-state index < -0.39 is 0 Å². The summed E-state index contributed by atoms with van der Waals surface area (Å²) in [6.45, 7) is 11.5. The lowest BCUT2D eigenvalue weighted by molar-refractivity contribution is -0.188. The third kappa shape index (κ3) is 6.74. The summed E-state index contributed by atoms with van der Waals surface area (Å²) >= 11 is 0. The second kappa shape index (κ2) is 12.8. The van der Waals surface area contributed by atoms with Crippen LogP contribution in [0.4, 0.5) is 0 Å². The Kier molecular flexibility index (Phi) is 10.1. The number of hydrogen-bond acceptors (Lipinski definition) is 6. The molecule has 4 atom stereocenters. The number of hydroxylamine groups is 2. The number of ether oxygens (including phenoxy) is 3. The minimum absolute atomic E-state index is 0.0458. The largest absolute Gasteiger partial charge is 0.493 e. The zero-order chi connectivity index (χ0) is 23.8. The normalized spacial score (nSPS) is 26.1. The van der Waals surface area contributed by atoms with Crippen LogP contribution in [0, 0.1) is 11.8 Å². The first kappa shape index (κ1) is 26.0. The summed E-state index contributed by atoms with van der Waals surface area (Å²) < 4.78 is 17.1. The Morgan fingerprint density at radius 1 is 1.27 bits per heavy atom. The number of amides is 1. The lowest BCUT2D eigenvalue weighted by Crippen LogP contribution is -2.43. The van der Waals surface area contributed by atoms with Gasteiger partial charge >= 0.3 is 0 Å². The molecule has 0 N–H and O–H groups in total. The molecule has 2 saturated heterocycles. The Balaban J connectivity index is 1.73. The molecule has 0 spiro atoms. The number of carbonyl (C=O) groups excluding carboxylic acids is 1. The molecule has 33 heavy (non-hydrogen) atoms. The van der Waals surface area contributed by atoms with Gasteiger partial charge in [0.1, 0.15) is 6.10 Å². The van der Waals surface area contributed by atoms with Gasteiger partial charge in [-0.3, -0.25) is 14.5 Å². The lowest BCUT2D eigenvalue weighted by atomic mass is 9.86. The van der Waals surface area contributed by atoms with E-state index in [-0.39, 0.29) is 12.0 Å². The maximum atomic E-state index is 13.2. The van der Waals surface area contributed by atoms with E-state index in [9.17, 15) is 4.79 Å². The van der Waals surface area contributed by atoms with Crippen molar-refractivity contribution in [2.24, 2.45) is 11.8 Å². The Labute approximate surface area is 200 Å². The fourth-order valence-corrected chi connectivity index (χ4v) is 5.37. The fourth-order valence-electron chi connectivity index (χ4n) is 5.37. The van der Waals surface area contributed by atoms with Crippen LogP contribution in [0.2, 0.25) is 0 Å². The molecule has 1 amide bonds. The molecular weight excluding hydrogens is 420 g/mol. The molecule has 1 aliphatic carbocycles. The minimum Gasteiger partial charge on any atom is -0.493 e. The third-order valence-electron chi connectivity index (χ3n) is 6.98. The highest BCUT2D eigenvalue weighted by Crippen LogP contribution is 2.40. The van der Waals surface area contributed by atoms with Gasteiger partial charge in [-0.25, -0.2) is 5.06 Å². The Morgan fingerprint density at radius 2 is 2.09 bits per heavy atom. The van der Waals surface area contributed by atoms with Gasteiger partial charge in [-0.1, -0.05) is 46.1 Å². The molecule has 3 aliphatic rings. The topological polar surface area (TPSA) is 60.5 Å². The van der Waals surface area contributed by atoms with Crippen molar-refractivity contribution in [3.8, 4) is 0 Å². The molecule has 188 valence electrons. The number of allylic oxidation sites excluding steroid dienone is 1. The van der Waals surface area contributed by atoms with Crippen molar-refractivity contribution in [3.05, 3.63) is 23.2 Å². The van der Waals surface area contributed by atoms with Gasteiger partial charge in [0.2, 0.25) is 0 Å². The van der Waals surface area contributed by atoms with E-state index in [1.165, 1.54) is 18.4 Å². The monoisotopic (exact) mass is 464 g/mol. The van der Waals surface area contributed by atoms with Gasteiger partial charge in [-0.15, -0.1) is 0 Å². The summed E-state index contributed by atoms with van der Waals surface area (Å²) in [5, 5.41) is 1.59. The minimum atomic E-state index is -0.0458. The number of fused-ring (bicyclic) bond motifs is 1. The SMILES string of the molecule is CCCON(CCC)C(=O)CN1C[C@H](C2=CC(OC)=C3OCOC3C2)C[C@@H]1C[C@H](C)CCC. The quantitative estimate of drug-likeness (QED) is 0.370. The van der Waals surface area contributed by atoms with Crippen LogP contribution in [-0.4, -0.2) is 68.2 Å². The fraction of sp³-hybridized carbons (Fsp3) is 0.808. The standard InChI is InChI=1S/C26H44N2O5/c1-6-9-19(4)12-22-13-21(20-14-23(30-5)26-24(15-20)31-18-32-26)16-27(22)17-25(29)28(10-7-2)33-11-8-3/h14,19,21-22,24H,6-13,15-18H2,1-5H3/t19-,21-,22+,24?/m1/s1. The van der Waals surface area contributed by atoms with E-state index in [4.69, 9.17) is 19.0 Å². The van der Waals surface area contributed by atoms with Crippen molar-refractivity contribution in [1.29, 1.82) is 0 Å². The second-order valence-corrected chi connectivity index (χ2v) is 9.75. The van der Waals surface area contributed by atoms with E-state index in [1.807, 2.05) is 0 Å². The summed E-state index contributed by atoms with van der Waals surface area (Å²) in [5.41, 5.74) is 1.35. The first-order valence-corrected chi connectivity index (χ1v) is 12.9. The van der Waals surface area contributed by atoms with Crippen molar-refractivity contribution < 1.29 is 23.8 Å². The van der Waals surface area contributed by atoms with Crippen LogP contribution in [0.1, 0.15) is 72.6 Å². The van der Waals surface area contributed by atoms with E-state index >= 15 is 0 Å². The Hall–Kier alpha value is -1.57. The molecule has 0 bridgehead atoms. The van der Waals surface area contributed by atoms with E-state index in [1.54, 1.807) is 12.2 Å². The first-order valence-electron chi connectivity index (χ1n) is 12.9. The maximum absolute atomic E-state index is 13.2. The summed E-state index contributed by atoms with van der Waals surface area (Å²) in [4.78, 5) is 21.3. The predicted octanol–water partition coefficient (Wildman–Crippen LogP) is 4.64. The average molecular weight is 465 g/mol. The molecule has 3 rings (SSSR count). The third-order valence-corrected chi connectivity index (χ3v) is 6.98. The lowest BCUT2D eigenvalue weighted by Gasteiger charge is -2.29. The molecule has 2 aliphatic heterocycles. The van der Waals surface area contributed by atoms with Gasteiger partial charge in [0.25, 0.3) is 5.91 Å². The maximum Gasteiger partial charge on any atom is 0.260 e. The molecular formula is C26H44N2O5. The van der Waals surface area contributed by atoms with Crippen LogP contribution >= 0.6 is 0 Å². The molecule has 0 radical (unpaired) electrons. The van der Waals surface area contributed by atoms with Gasteiger partial charge < -0.3 is 14.2 Å². The van der Waals surface area contributed by atoms with Crippen LogP contribution < -0.4 is 0 Å². The molecule has 0 aromatic rings. The summed E-state index contributed by atoms with van der Waals surface area (Å²) in [7, 11) is 1.69. The van der Waals surface area contributed by atoms with Crippen LogP contribution in [0.15, 0.2) is 23.2 Å². The smallest absolute Gasteiger partial charge is 0.260 e. The number of likely N-dealkylation sites (tertiary alicyclic amines) is 1. The number of carbonyl (C=O) groups is 1. The van der Waals surface area contributed by atoms with Gasteiger partial charge in [-0.05, 0) is 43.6 Å². The van der Waals surface area contributed by atoms with E-state index in [0.29, 0.717) is 44.4 Å². The highest BCUT2D eigenvalue weighted by atomic mass is 16.7. The van der Waals surface area contributed by atoms with Crippen molar-refractivity contribution in [1.82, 2.24) is 9.96 Å². The summed E-state index contributed by atoms with van der Waals surface area (Å²) in [5.74, 6) is 2.72. The molecule has 1 unspecified atom stereocenters. The van der Waals surface area contributed by atoms with Gasteiger partial charge in [0.15, 0.2) is 18.3 Å². The predicted molar refractivity (Wildman–Crippen MR) is 128 cm³/mol. The Morgan fingerprint density at radius 3 is 2.79 bits per heavy atom. The number of hydrogen-bond donors (Lipinski definition) is 0. The highest BCUT2D eigenvalue weighted by Gasteiger charge is 2.40. The molecule has 0 saturated carbocycles. The summed E-state index contributed by atoms with van der Waals surface area (Å²) in [6.07, 6.45) is 9.34. The van der Waals surface area contributed by atoms with Crippen LogP contribution in [0.3, 0.4) is 0 Å². The first-order chi connectivity index (χ1) is 16.0. The van der Waals surface area contributed by atoms with Gasteiger partial charge in [0.05, 0.1) is 20.3 Å². The second-order valence-electron chi connectivity index (χ2n) is 9.75. The summed E-state index contributed by atoms with van der Waals surface area (Å²) in [6, 6.07) is 0.396. The Bertz CT molecular complexity index is 707. The van der Waals surface area contributed by atoms with Crippen LogP contribution in [-0.2, 0) is 23.8 Å². The van der Waals surface area contributed by atoms with Crippen molar-refractivity contribution in [2.75, 3.05) is 40.1 Å². The zero-order valence-corrected chi connectivity index (χ0v) is 21.3. The zero-order valence-electron chi connectivity index (χ0n) is 21.3. The molecule has 0 aromatic carbocycles. The molecule has 2 heterocycles. The number of rotatable bonds is 13. The number of nitrogens with zero attached hydrogens (tertiary/aromatic N) is 2. The van der Waals surface area contributed by atoms with Gasteiger partial charge in [-0.2, -0.15) is 0 Å². The molecule has 7 nitrogen and oxygen atoms in total. The highest BCUT2D eigenvalue weighted by molar-refractivity contribution is 5.77. The van der Waals surface area contributed by atoms with Crippen LogP contribution in [0.5, 0.6) is 0 Å². The van der Waals surface area contributed by atoms with Crippen LogP contribution in [0.25, 0.3) is 0 Å². The van der Waals surface area contributed by atoms with Gasteiger partial charge in [0, 0.05) is 25.6 Å².